The van der Waals surface area contributed by atoms with Crippen molar-refractivity contribution in [2.75, 3.05) is 4.90 Å². The number of thiazole rings is 1. The van der Waals surface area contributed by atoms with Gasteiger partial charge in [0.15, 0.2) is 10.3 Å². The molecule has 9 heteroatoms. The molecule has 2 aliphatic heterocycles. The fraction of sp³-hybridized carbons (Fsp3) is 0.0526. The van der Waals surface area contributed by atoms with Crippen molar-refractivity contribution in [3.8, 4) is 11.3 Å². The minimum absolute atomic E-state index is 0.112. The molecule has 3 aromatic rings. The maximum Gasteiger partial charge on any atom is 0.338 e. The number of benzene rings is 1. The molecule has 7 nitrogen and oxygen atoms in total. The van der Waals surface area contributed by atoms with Gasteiger partial charge in [0, 0.05) is 28.8 Å². The van der Waals surface area contributed by atoms with Gasteiger partial charge in [-0.2, -0.15) is 0 Å². The summed E-state index contributed by atoms with van der Waals surface area (Å²) in [5, 5.41) is 10.4. The summed E-state index contributed by atoms with van der Waals surface area (Å²) in [4.78, 5) is 30.0. The molecule has 1 amide bonds. The summed E-state index contributed by atoms with van der Waals surface area (Å²) < 4.78 is 10.9. The zero-order valence-electron chi connectivity index (χ0n) is 14.2. The molecule has 0 aliphatic carbocycles. The molecule has 0 radical (unpaired) electrons. The highest BCUT2D eigenvalue weighted by Gasteiger charge is 2.35. The van der Waals surface area contributed by atoms with E-state index < -0.39 is 0 Å². The molecule has 1 saturated heterocycles. The van der Waals surface area contributed by atoms with Crippen LogP contribution in [0.1, 0.15) is 21.7 Å². The summed E-state index contributed by atoms with van der Waals surface area (Å²) in [6.07, 6.45) is 3.22. The standard InChI is InChI=1S/C19H11N3O4S2/c20-18-22(19-21-5-6-27-19)16(23)15(28-18)8-12-2-4-14(26-12)10-1-3-13-11(7-10)9-25-17(13)24/h1-8,20H,9H2/b15-8-,20-18?. The van der Waals surface area contributed by atoms with Gasteiger partial charge in [0.05, 0.1) is 10.5 Å². The number of cyclic esters (lactones) is 1. The van der Waals surface area contributed by atoms with Crippen LogP contribution in [0.4, 0.5) is 5.13 Å². The monoisotopic (exact) mass is 409 g/mol. The van der Waals surface area contributed by atoms with Crippen molar-refractivity contribution in [3.05, 3.63) is 63.7 Å². The van der Waals surface area contributed by atoms with E-state index in [0.29, 0.717) is 27.1 Å². The molecule has 0 spiro atoms. The summed E-state index contributed by atoms with van der Waals surface area (Å²) in [6, 6.07) is 8.96. The second kappa shape index (κ2) is 6.47. The first-order chi connectivity index (χ1) is 13.6. The average Bonchev–Trinajstić information content (AvgIpc) is 3.46. The van der Waals surface area contributed by atoms with Gasteiger partial charge in [-0.1, -0.05) is 6.07 Å². The number of fused-ring (bicyclic) bond motifs is 1. The number of nitrogens with zero attached hydrogens (tertiary/aromatic N) is 2. The number of furan rings is 1. The van der Waals surface area contributed by atoms with Crippen LogP contribution in [0.15, 0.2) is 51.2 Å². The van der Waals surface area contributed by atoms with Crippen LogP contribution >= 0.6 is 23.1 Å². The van der Waals surface area contributed by atoms with Gasteiger partial charge in [-0.25, -0.2) is 14.7 Å². The number of amides is 1. The van der Waals surface area contributed by atoms with Crippen LogP contribution < -0.4 is 4.90 Å². The molecule has 0 bridgehead atoms. The molecule has 28 heavy (non-hydrogen) atoms. The lowest BCUT2D eigenvalue weighted by atomic mass is 10.0. The largest absolute Gasteiger partial charge is 0.457 e. The van der Waals surface area contributed by atoms with Gasteiger partial charge in [-0.05, 0) is 36.0 Å². The highest BCUT2D eigenvalue weighted by atomic mass is 32.2. The Labute approximate surface area is 167 Å². The van der Waals surface area contributed by atoms with Crippen molar-refractivity contribution in [1.82, 2.24) is 4.98 Å². The minimum atomic E-state index is -0.310. The molecule has 2 aliphatic rings. The molecule has 2 aromatic heterocycles. The van der Waals surface area contributed by atoms with E-state index in [1.54, 1.807) is 41.9 Å². The summed E-state index contributed by atoms with van der Waals surface area (Å²) in [5.74, 6) is 0.523. The second-order valence-corrected chi connectivity index (χ2v) is 7.92. The molecule has 138 valence electrons. The van der Waals surface area contributed by atoms with Crippen LogP contribution in [0.2, 0.25) is 0 Å². The topological polar surface area (TPSA) is 96.5 Å². The van der Waals surface area contributed by atoms with E-state index >= 15 is 0 Å². The number of ether oxygens (including phenoxy) is 1. The van der Waals surface area contributed by atoms with Crippen molar-refractivity contribution in [2.45, 2.75) is 6.61 Å². The SMILES string of the molecule is N=C1S/C(=C\c2ccc(-c3ccc4c(c3)COC4=O)o2)C(=O)N1c1nccs1. The third kappa shape index (κ3) is 2.76. The lowest BCUT2D eigenvalue weighted by Crippen LogP contribution is -2.27. The number of carbonyl (C=O) groups excluding carboxylic acids is 2. The van der Waals surface area contributed by atoms with Gasteiger partial charge >= 0.3 is 5.97 Å². The number of thioether (sulfide) groups is 1. The molecule has 0 atom stereocenters. The van der Waals surface area contributed by atoms with Crippen molar-refractivity contribution in [3.63, 3.8) is 0 Å². The van der Waals surface area contributed by atoms with Gasteiger partial charge in [-0.3, -0.25) is 10.2 Å². The van der Waals surface area contributed by atoms with E-state index in [1.807, 2.05) is 6.07 Å². The maximum atomic E-state index is 12.6. The van der Waals surface area contributed by atoms with E-state index in [9.17, 15) is 9.59 Å². The van der Waals surface area contributed by atoms with E-state index in [4.69, 9.17) is 14.6 Å². The molecule has 1 aromatic carbocycles. The number of hydrogen-bond donors (Lipinski definition) is 1. The Morgan fingerprint density at radius 2 is 2.11 bits per heavy atom. The van der Waals surface area contributed by atoms with E-state index in [0.717, 1.165) is 22.9 Å². The molecule has 1 fully saturated rings. The second-order valence-electron chi connectivity index (χ2n) is 6.02. The van der Waals surface area contributed by atoms with Gasteiger partial charge < -0.3 is 9.15 Å². The Balaban J connectivity index is 1.42. The van der Waals surface area contributed by atoms with Crippen LogP contribution in [0.25, 0.3) is 17.4 Å². The molecule has 0 saturated carbocycles. The fourth-order valence-electron chi connectivity index (χ4n) is 2.99. The number of amidine groups is 1. The first-order valence-electron chi connectivity index (χ1n) is 8.22. The number of anilines is 1. The number of aromatic nitrogens is 1. The normalized spacial score (nSPS) is 17.5. The van der Waals surface area contributed by atoms with Crippen LogP contribution in [0.5, 0.6) is 0 Å². The number of esters is 1. The lowest BCUT2D eigenvalue weighted by molar-refractivity contribution is -0.113. The summed E-state index contributed by atoms with van der Waals surface area (Å²) >= 11 is 2.37. The van der Waals surface area contributed by atoms with Gasteiger partial charge in [-0.15, -0.1) is 11.3 Å². The van der Waals surface area contributed by atoms with Crippen LogP contribution in [-0.2, 0) is 16.1 Å². The number of rotatable bonds is 3. The zero-order valence-corrected chi connectivity index (χ0v) is 15.8. The van der Waals surface area contributed by atoms with Crippen LogP contribution in [-0.4, -0.2) is 22.0 Å². The fourth-order valence-corrected chi connectivity index (χ4v) is 4.51. The predicted octanol–water partition coefficient (Wildman–Crippen LogP) is 4.13. The highest BCUT2D eigenvalue weighted by Crippen LogP contribution is 2.36. The molecule has 5 rings (SSSR count). The number of hydrogen-bond acceptors (Lipinski definition) is 8. The van der Waals surface area contributed by atoms with E-state index in [1.165, 1.54) is 16.2 Å². The van der Waals surface area contributed by atoms with E-state index in [2.05, 4.69) is 4.98 Å². The van der Waals surface area contributed by atoms with Crippen molar-refractivity contribution >= 4 is 51.4 Å². The van der Waals surface area contributed by atoms with Crippen LogP contribution in [0, 0.1) is 5.41 Å². The first kappa shape index (κ1) is 17.0. The predicted molar refractivity (Wildman–Crippen MR) is 106 cm³/mol. The zero-order chi connectivity index (χ0) is 19.3. The summed E-state index contributed by atoms with van der Waals surface area (Å²) in [5.41, 5.74) is 2.23. The Bertz CT molecular complexity index is 1160. The lowest BCUT2D eigenvalue weighted by Gasteiger charge is -2.08. The first-order valence-corrected chi connectivity index (χ1v) is 9.92. The third-order valence-corrected chi connectivity index (χ3v) is 5.95. The summed E-state index contributed by atoms with van der Waals surface area (Å²) in [7, 11) is 0. The van der Waals surface area contributed by atoms with Gasteiger partial charge in [0.1, 0.15) is 18.1 Å². The quantitative estimate of drug-likeness (QED) is 0.516. The number of carbonyl (C=O) groups is 2. The molecular formula is C19H11N3O4S2. The average molecular weight is 409 g/mol. The van der Waals surface area contributed by atoms with Gasteiger partial charge in [0.2, 0.25) is 0 Å². The highest BCUT2D eigenvalue weighted by molar-refractivity contribution is 8.19. The van der Waals surface area contributed by atoms with Crippen molar-refractivity contribution in [2.24, 2.45) is 0 Å². The maximum absolute atomic E-state index is 12.6. The molecular weight excluding hydrogens is 398 g/mol. The van der Waals surface area contributed by atoms with Crippen molar-refractivity contribution in [1.29, 1.82) is 5.41 Å². The van der Waals surface area contributed by atoms with Gasteiger partial charge in [0.25, 0.3) is 5.91 Å². The Morgan fingerprint density at radius 1 is 1.21 bits per heavy atom. The van der Waals surface area contributed by atoms with E-state index in [-0.39, 0.29) is 23.7 Å². The molecule has 1 N–H and O–H groups in total. The smallest absolute Gasteiger partial charge is 0.338 e. The molecule has 4 heterocycles. The Morgan fingerprint density at radius 3 is 2.93 bits per heavy atom. The Kier molecular flexibility index (Phi) is 3.92. The number of nitrogens with one attached hydrogen (secondary N) is 1. The third-order valence-electron chi connectivity index (χ3n) is 4.30. The minimum Gasteiger partial charge on any atom is -0.457 e. The van der Waals surface area contributed by atoms with Crippen molar-refractivity contribution < 1.29 is 18.7 Å². The molecule has 0 unspecified atom stereocenters. The summed E-state index contributed by atoms with van der Waals surface area (Å²) in [6.45, 7) is 0.263. The van der Waals surface area contributed by atoms with Crippen LogP contribution in [0.3, 0.4) is 0 Å². The Hall–Kier alpha value is -3.17.